The van der Waals surface area contributed by atoms with Crippen molar-refractivity contribution in [2.45, 2.75) is 4.90 Å². The van der Waals surface area contributed by atoms with Crippen LogP contribution in [0.5, 0.6) is 0 Å². The van der Waals surface area contributed by atoms with E-state index in [0.29, 0.717) is 0 Å². The third-order valence-electron chi connectivity index (χ3n) is 1.46. The number of aliphatic hydroxyl groups excluding tert-OH is 1. The van der Waals surface area contributed by atoms with Crippen LogP contribution in [0.3, 0.4) is 0 Å². The quantitative estimate of drug-likeness (QED) is 0.677. The van der Waals surface area contributed by atoms with Gasteiger partial charge < -0.3 is 5.11 Å². The molecule has 0 radical (unpaired) electrons. The largest absolute Gasteiger partial charge is 0.462 e. The van der Waals surface area contributed by atoms with Gasteiger partial charge >= 0.3 is 5.12 Å². The van der Waals surface area contributed by atoms with Gasteiger partial charge in [0.05, 0.1) is 4.90 Å². The second-order valence-electron chi connectivity index (χ2n) is 2.34. The van der Waals surface area contributed by atoms with Crippen molar-refractivity contribution >= 4 is 15.0 Å². The van der Waals surface area contributed by atoms with Crippen molar-refractivity contribution in [3.8, 4) is 12.0 Å². The fourth-order valence-corrected chi connectivity index (χ4v) is 1.73. The minimum Gasteiger partial charge on any atom is -0.462 e. The molecule has 0 aliphatic rings. The van der Waals surface area contributed by atoms with Crippen molar-refractivity contribution in [1.29, 1.82) is 0 Å². The summed E-state index contributed by atoms with van der Waals surface area (Å²) in [5.41, 5.74) is 0. The summed E-state index contributed by atoms with van der Waals surface area (Å²) in [6, 6.07) is 7.18. The topological polar surface area (TPSA) is 71.4 Å². The van der Waals surface area contributed by atoms with Crippen molar-refractivity contribution in [1.82, 2.24) is 0 Å². The fourth-order valence-electron chi connectivity index (χ4n) is 0.820. The fraction of sp³-hybridized carbons (Fsp3) is 0. The van der Waals surface area contributed by atoms with E-state index >= 15 is 0 Å². The lowest BCUT2D eigenvalue weighted by molar-refractivity contribution is -0.107. The highest BCUT2D eigenvalue weighted by Crippen LogP contribution is 2.10. The summed E-state index contributed by atoms with van der Waals surface area (Å²) in [5.74, 6) is 1.56. The molecule has 0 spiro atoms. The SMILES string of the molecule is O=C(C#CO)S(=O)(=O)c1ccccc1. The molecule has 1 aromatic carbocycles. The molecule has 0 saturated heterocycles. The third kappa shape index (κ3) is 1.92. The van der Waals surface area contributed by atoms with E-state index in [1.165, 1.54) is 30.4 Å². The van der Waals surface area contributed by atoms with E-state index in [1.807, 2.05) is 0 Å². The molecule has 0 aromatic heterocycles. The Labute approximate surface area is 81.1 Å². The zero-order valence-electron chi connectivity index (χ0n) is 6.97. The van der Waals surface area contributed by atoms with E-state index in [-0.39, 0.29) is 4.90 Å². The summed E-state index contributed by atoms with van der Waals surface area (Å²) in [6.07, 6.45) is 1.26. The van der Waals surface area contributed by atoms with Gasteiger partial charge in [-0.05, 0) is 12.1 Å². The highest BCUT2D eigenvalue weighted by Gasteiger charge is 2.22. The summed E-state index contributed by atoms with van der Waals surface area (Å²) in [4.78, 5) is 10.8. The van der Waals surface area contributed by atoms with Crippen molar-refractivity contribution in [2.75, 3.05) is 0 Å². The van der Waals surface area contributed by atoms with Gasteiger partial charge in [-0.15, -0.1) is 0 Å². The second-order valence-corrected chi connectivity index (χ2v) is 4.19. The van der Waals surface area contributed by atoms with Crippen molar-refractivity contribution in [3.63, 3.8) is 0 Å². The Morgan fingerprint density at radius 3 is 2.29 bits per heavy atom. The third-order valence-corrected chi connectivity index (χ3v) is 2.94. The first-order chi connectivity index (χ1) is 6.59. The molecule has 0 saturated carbocycles. The van der Waals surface area contributed by atoms with E-state index in [4.69, 9.17) is 5.11 Å². The first kappa shape index (κ1) is 10.3. The van der Waals surface area contributed by atoms with Crippen LogP contribution in [0, 0.1) is 12.0 Å². The highest BCUT2D eigenvalue weighted by atomic mass is 32.2. The summed E-state index contributed by atoms with van der Waals surface area (Å²) in [7, 11) is -4.07. The minimum absolute atomic E-state index is 0.132. The van der Waals surface area contributed by atoms with Crippen molar-refractivity contribution < 1.29 is 18.3 Å². The van der Waals surface area contributed by atoms with Gasteiger partial charge in [-0.25, -0.2) is 8.42 Å². The lowest BCUT2D eigenvalue weighted by Gasteiger charge is -1.96. The number of rotatable bonds is 1. The summed E-state index contributed by atoms with van der Waals surface area (Å²) < 4.78 is 22.7. The first-order valence-corrected chi connectivity index (χ1v) is 5.06. The van der Waals surface area contributed by atoms with Crippen LogP contribution in [0.25, 0.3) is 0 Å². The molecular weight excluding hydrogens is 204 g/mol. The summed E-state index contributed by atoms with van der Waals surface area (Å²) in [5, 5.41) is 6.79. The van der Waals surface area contributed by atoms with E-state index < -0.39 is 15.0 Å². The van der Waals surface area contributed by atoms with Crippen LogP contribution in [0.1, 0.15) is 0 Å². The van der Waals surface area contributed by atoms with Gasteiger partial charge in [0.1, 0.15) is 6.11 Å². The maximum absolute atomic E-state index is 11.4. The van der Waals surface area contributed by atoms with E-state index in [9.17, 15) is 13.2 Å². The molecule has 0 fully saturated rings. The van der Waals surface area contributed by atoms with Crippen LogP contribution in [0.15, 0.2) is 35.2 Å². The van der Waals surface area contributed by atoms with Gasteiger partial charge in [0.15, 0.2) is 0 Å². The molecule has 0 unspecified atom stereocenters. The van der Waals surface area contributed by atoms with Crippen LogP contribution >= 0.6 is 0 Å². The second kappa shape index (κ2) is 3.94. The Kier molecular flexibility index (Phi) is 2.89. The maximum atomic E-state index is 11.4. The smallest absolute Gasteiger partial charge is 0.327 e. The van der Waals surface area contributed by atoms with E-state index in [0.717, 1.165) is 0 Å². The molecule has 4 nitrogen and oxygen atoms in total. The van der Waals surface area contributed by atoms with Gasteiger partial charge in [0.25, 0.3) is 9.84 Å². The normalized spacial score (nSPS) is 10.0. The number of hydrogen-bond donors (Lipinski definition) is 1. The van der Waals surface area contributed by atoms with Gasteiger partial charge in [0, 0.05) is 5.92 Å². The Hall–Kier alpha value is -1.80. The standard InChI is InChI=1S/C9H6O4S/c10-7-6-9(11)14(12,13)8-4-2-1-3-5-8/h1-5,10H. The molecule has 1 aromatic rings. The molecule has 1 rings (SSSR count). The number of carbonyl (C=O) groups is 1. The van der Waals surface area contributed by atoms with Crippen LogP contribution in [0.2, 0.25) is 0 Å². The number of aliphatic hydroxyl groups is 1. The molecule has 0 aliphatic carbocycles. The Morgan fingerprint density at radius 1 is 1.21 bits per heavy atom. The van der Waals surface area contributed by atoms with E-state index in [2.05, 4.69) is 0 Å². The molecule has 0 amide bonds. The number of hydrogen-bond acceptors (Lipinski definition) is 4. The average molecular weight is 210 g/mol. The van der Waals surface area contributed by atoms with Crippen molar-refractivity contribution in [2.24, 2.45) is 0 Å². The molecule has 14 heavy (non-hydrogen) atoms. The number of benzene rings is 1. The molecule has 72 valence electrons. The van der Waals surface area contributed by atoms with E-state index in [1.54, 1.807) is 12.0 Å². The van der Waals surface area contributed by atoms with Gasteiger partial charge in [0.2, 0.25) is 0 Å². The predicted molar refractivity (Wildman–Crippen MR) is 48.3 cm³/mol. The van der Waals surface area contributed by atoms with Crippen LogP contribution in [-0.2, 0) is 14.6 Å². The van der Waals surface area contributed by atoms with Crippen LogP contribution in [-0.4, -0.2) is 18.6 Å². The van der Waals surface area contributed by atoms with Gasteiger partial charge in [-0.2, -0.15) is 0 Å². The average Bonchev–Trinajstić information content (AvgIpc) is 2.19. The van der Waals surface area contributed by atoms with Crippen LogP contribution < -0.4 is 0 Å². The molecule has 0 heterocycles. The molecule has 5 heteroatoms. The lowest BCUT2D eigenvalue weighted by Crippen LogP contribution is -2.12. The molecule has 1 N–H and O–H groups in total. The Balaban J connectivity index is 3.21. The molecule has 0 atom stereocenters. The lowest BCUT2D eigenvalue weighted by atomic mass is 10.4. The summed E-state index contributed by atoms with van der Waals surface area (Å²) >= 11 is 0. The van der Waals surface area contributed by atoms with Crippen LogP contribution in [0.4, 0.5) is 0 Å². The highest BCUT2D eigenvalue weighted by molar-refractivity contribution is 8.06. The molecule has 0 aliphatic heterocycles. The Morgan fingerprint density at radius 2 is 1.79 bits per heavy atom. The maximum Gasteiger partial charge on any atom is 0.327 e. The monoisotopic (exact) mass is 210 g/mol. The molecular formula is C9H6O4S. The van der Waals surface area contributed by atoms with Crippen molar-refractivity contribution in [3.05, 3.63) is 30.3 Å². The predicted octanol–water partition coefficient (Wildman–Crippen LogP) is 0.320. The van der Waals surface area contributed by atoms with Gasteiger partial charge in [-0.1, -0.05) is 18.2 Å². The minimum atomic E-state index is -4.07. The molecule has 0 bridgehead atoms. The Bertz CT molecular complexity index is 491. The summed E-state index contributed by atoms with van der Waals surface area (Å²) in [6.45, 7) is 0. The zero-order valence-corrected chi connectivity index (χ0v) is 7.78. The number of sulfone groups is 1. The first-order valence-electron chi connectivity index (χ1n) is 3.58. The van der Waals surface area contributed by atoms with Gasteiger partial charge in [-0.3, -0.25) is 4.79 Å². The number of carbonyl (C=O) groups excluding carboxylic acids is 1. The zero-order chi connectivity index (χ0) is 10.6.